The lowest BCUT2D eigenvalue weighted by Gasteiger charge is -1.97. The molecule has 0 aromatic carbocycles. The van der Waals surface area contributed by atoms with Gasteiger partial charge in [-0.15, -0.1) is 11.3 Å². The van der Waals surface area contributed by atoms with Gasteiger partial charge in [0.2, 0.25) is 0 Å². The molecule has 0 radical (unpaired) electrons. The Morgan fingerprint density at radius 1 is 1.28 bits per heavy atom. The van der Waals surface area contributed by atoms with Gasteiger partial charge in [0.15, 0.2) is 5.65 Å². The summed E-state index contributed by atoms with van der Waals surface area (Å²) in [6, 6.07) is 8.06. The summed E-state index contributed by atoms with van der Waals surface area (Å²) < 4.78 is 2.92. The van der Waals surface area contributed by atoms with Gasteiger partial charge in [-0.1, -0.05) is 0 Å². The minimum Gasteiger partial charge on any atom is -0.330 e. The fraction of sp³-hybridized carbons (Fsp3) is 0.167. The van der Waals surface area contributed by atoms with E-state index in [1.807, 2.05) is 28.9 Å². The second-order valence-corrected chi connectivity index (χ2v) is 6.36. The average molecular weight is 323 g/mol. The first kappa shape index (κ1) is 11.8. The molecule has 3 rings (SSSR count). The number of aromatic nitrogens is 3. The molecule has 0 spiro atoms. The van der Waals surface area contributed by atoms with Crippen LogP contribution in [-0.4, -0.2) is 21.1 Å². The molecule has 0 aliphatic rings. The molecule has 0 atom stereocenters. The first-order valence-corrected chi connectivity index (χ1v) is 7.18. The fourth-order valence-electron chi connectivity index (χ4n) is 1.78. The van der Waals surface area contributed by atoms with Crippen LogP contribution in [0.15, 0.2) is 34.2 Å². The zero-order valence-corrected chi connectivity index (χ0v) is 11.9. The van der Waals surface area contributed by atoms with Crippen LogP contribution in [0, 0.1) is 0 Å². The van der Waals surface area contributed by atoms with Gasteiger partial charge in [0.25, 0.3) is 0 Å². The monoisotopic (exact) mass is 322 g/mol. The van der Waals surface area contributed by atoms with E-state index in [-0.39, 0.29) is 0 Å². The Morgan fingerprint density at radius 3 is 2.89 bits per heavy atom. The van der Waals surface area contributed by atoms with E-state index < -0.39 is 0 Å². The molecule has 0 fully saturated rings. The van der Waals surface area contributed by atoms with E-state index in [1.165, 1.54) is 0 Å². The number of nitrogens with zero attached hydrogens (tertiary/aromatic N) is 3. The molecule has 92 valence electrons. The Morgan fingerprint density at radius 2 is 2.17 bits per heavy atom. The summed E-state index contributed by atoms with van der Waals surface area (Å²) in [5.41, 5.74) is 8.33. The molecule has 0 saturated carbocycles. The maximum Gasteiger partial charge on any atom is 0.153 e. The van der Waals surface area contributed by atoms with Crippen LogP contribution < -0.4 is 5.73 Å². The maximum absolute atomic E-state index is 5.53. The highest BCUT2D eigenvalue weighted by Gasteiger charge is 2.06. The standard InChI is InChI=1S/C12H11BrN4S/c13-11-3-2-10(18-11)9-1-4-12-15-8(5-6-14)7-17(12)16-9/h1-4,7H,5-6,14H2. The second-order valence-electron chi connectivity index (χ2n) is 3.90. The Kier molecular flexibility index (Phi) is 3.15. The summed E-state index contributed by atoms with van der Waals surface area (Å²) in [6.45, 7) is 0.606. The van der Waals surface area contributed by atoms with Crippen molar-refractivity contribution in [3.63, 3.8) is 0 Å². The van der Waals surface area contributed by atoms with E-state index in [9.17, 15) is 0 Å². The van der Waals surface area contributed by atoms with Crippen LogP contribution in [0.1, 0.15) is 5.69 Å². The van der Waals surface area contributed by atoms with Gasteiger partial charge in [0.05, 0.1) is 20.6 Å². The van der Waals surface area contributed by atoms with Crippen LogP contribution in [0.25, 0.3) is 16.2 Å². The molecule has 3 aromatic rings. The first-order chi connectivity index (χ1) is 8.76. The highest BCUT2D eigenvalue weighted by atomic mass is 79.9. The molecule has 0 unspecified atom stereocenters. The molecular formula is C12H11BrN4S. The number of hydrogen-bond acceptors (Lipinski definition) is 4. The van der Waals surface area contributed by atoms with Crippen molar-refractivity contribution < 1.29 is 0 Å². The SMILES string of the molecule is NCCc1cn2nc(-c3ccc(Br)s3)ccc2n1. The smallest absolute Gasteiger partial charge is 0.153 e. The van der Waals surface area contributed by atoms with Crippen molar-refractivity contribution in [1.29, 1.82) is 0 Å². The summed E-state index contributed by atoms with van der Waals surface area (Å²) in [4.78, 5) is 5.59. The molecule has 3 aromatic heterocycles. The Balaban J connectivity index is 2.05. The molecular weight excluding hydrogens is 312 g/mol. The summed E-state index contributed by atoms with van der Waals surface area (Å²) in [6.07, 6.45) is 2.72. The zero-order chi connectivity index (χ0) is 12.5. The van der Waals surface area contributed by atoms with Gasteiger partial charge in [0, 0.05) is 6.42 Å². The molecule has 6 heteroatoms. The van der Waals surface area contributed by atoms with E-state index in [0.717, 1.165) is 32.1 Å². The van der Waals surface area contributed by atoms with E-state index in [1.54, 1.807) is 11.3 Å². The van der Waals surface area contributed by atoms with E-state index in [4.69, 9.17) is 5.73 Å². The highest BCUT2D eigenvalue weighted by molar-refractivity contribution is 9.11. The van der Waals surface area contributed by atoms with Crippen molar-refractivity contribution in [3.8, 4) is 10.6 Å². The van der Waals surface area contributed by atoms with Gasteiger partial charge in [-0.25, -0.2) is 9.50 Å². The van der Waals surface area contributed by atoms with Crippen LogP contribution >= 0.6 is 27.3 Å². The Labute approximate surface area is 117 Å². The predicted molar refractivity (Wildman–Crippen MR) is 76.8 cm³/mol. The average Bonchev–Trinajstić information content (AvgIpc) is 2.94. The van der Waals surface area contributed by atoms with Crippen LogP contribution in [0.3, 0.4) is 0 Å². The third-order valence-corrected chi connectivity index (χ3v) is 4.24. The summed E-state index contributed by atoms with van der Waals surface area (Å²) in [5.74, 6) is 0. The molecule has 0 aliphatic heterocycles. The van der Waals surface area contributed by atoms with E-state index in [0.29, 0.717) is 6.54 Å². The first-order valence-electron chi connectivity index (χ1n) is 5.57. The van der Waals surface area contributed by atoms with Crippen LogP contribution in [0.5, 0.6) is 0 Å². The topological polar surface area (TPSA) is 56.2 Å². The number of rotatable bonds is 3. The molecule has 0 saturated heterocycles. The minimum atomic E-state index is 0.606. The third kappa shape index (κ3) is 2.19. The van der Waals surface area contributed by atoms with Crippen molar-refractivity contribution in [2.75, 3.05) is 6.54 Å². The summed E-state index contributed by atoms with van der Waals surface area (Å²) in [5, 5.41) is 4.56. The lowest BCUT2D eigenvalue weighted by molar-refractivity contribution is 0.918. The van der Waals surface area contributed by atoms with Gasteiger partial charge >= 0.3 is 0 Å². The van der Waals surface area contributed by atoms with Gasteiger partial charge < -0.3 is 5.73 Å². The number of thiophene rings is 1. The summed E-state index contributed by atoms with van der Waals surface area (Å²) >= 11 is 5.13. The molecule has 0 amide bonds. The van der Waals surface area contributed by atoms with Crippen molar-refractivity contribution >= 4 is 32.9 Å². The molecule has 2 N–H and O–H groups in total. The number of imidazole rings is 1. The predicted octanol–water partition coefficient (Wildman–Crippen LogP) is 2.72. The van der Waals surface area contributed by atoms with Crippen LogP contribution in [0.4, 0.5) is 0 Å². The third-order valence-electron chi connectivity index (χ3n) is 2.60. The van der Waals surface area contributed by atoms with Crippen LogP contribution in [-0.2, 0) is 6.42 Å². The van der Waals surface area contributed by atoms with E-state index in [2.05, 4.69) is 32.1 Å². The number of halogens is 1. The van der Waals surface area contributed by atoms with Crippen molar-refractivity contribution in [2.24, 2.45) is 5.73 Å². The lowest BCUT2D eigenvalue weighted by atomic mass is 10.3. The molecule has 3 heterocycles. The quantitative estimate of drug-likeness (QED) is 0.806. The van der Waals surface area contributed by atoms with Crippen molar-refractivity contribution in [2.45, 2.75) is 6.42 Å². The lowest BCUT2D eigenvalue weighted by Crippen LogP contribution is -2.02. The molecule has 4 nitrogen and oxygen atoms in total. The van der Waals surface area contributed by atoms with Gasteiger partial charge in [-0.2, -0.15) is 5.10 Å². The summed E-state index contributed by atoms with van der Waals surface area (Å²) in [7, 11) is 0. The van der Waals surface area contributed by atoms with Crippen LogP contribution in [0.2, 0.25) is 0 Å². The molecule has 18 heavy (non-hydrogen) atoms. The number of fused-ring (bicyclic) bond motifs is 1. The van der Waals surface area contributed by atoms with Gasteiger partial charge in [0.1, 0.15) is 5.69 Å². The molecule has 0 aliphatic carbocycles. The fourth-order valence-corrected chi connectivity index (χ4v) is 3.13. The van der Waals surface area contributed by atoms with Crippen molar-refractivity contribution in [1.82, 2.24) is 14.6 Å². The number of hydrogen-bond donors (Lipinski definition) is 1. The minimum absolute atomic E-state index is 0.606. The maximum atomic E-state index is 5.53. The van der Waals surface area contributed by atoms with E-state index >= 15 is 0 Å². The highest BCUT2D eigenvalue weighted by Crippen LogP contribution is 2.29. The van der Waals surface area contributed by atoms with Gasteiger partial charge in [-0.3, -0.25) is 0 Å². The normalized spacial score (nSPS) is 11.2. The Bertz CT molecular complexity index is 688. The van der Waals surface area contributed by atoms with Gasteiger partial charge in [-0.05, 0) is 46.7 Å². The number of nitrogens with two attached hydrogens (primary N) is 1. The Hall–Kier alpha value is -1.24. The molecule has 0 bridgehead atoms. The largest absolute Gasteiger partial charge is 0.330 e. The zero-order valence-electron chi connectivity index (χ0n) is 9.51. The second kappa shape index (κ2) is 4.79. The van der Waals surface area contributed by atoms with Crippen molar-refractivity contribution in [3.05, 3.63) is 39.9 Å².